The molecule has 0 aliphatic heterocycles. The van der Waals surface area contributed by atoms with Gasteiger partial charge in [0.15, 0.2) is 0 Å². The first-order valence-electron chi connectivity index (χ1n) is 6.30. The number of amides is 1. The Balaban J connectivity index is 0.000000211. The lowest BCUT2D eigenvalue weighted by Crippen LogP contribution is -2.13. The van der Waals surface area contributed by atoms with Gasteiger partial charge in [-0.1, -0.05) is 12.1 Å². The molecule has 0 aromatic carbocycles. The van der Waals surface area contributed by atoms with Crippen LogP contribution in [-0.4, -0.2) is 27.0 Å². The number of carboxylic acids is 1. The highest BCUT2D eigenvalue weighted by Gasteiger charge is 2.12. The highest BCUT2D eigenvalue weighted by atomic mass is 16.4. The molecular formula is C15H17N3O3. The molecule has 3 N–H and O–H groups in total. The Labute approximate surface area is 122 Å². The van der Waals surface area contributed by atoms with Crippen molar-refractivity contribution in [3.8, 4) is 0 Å². The molecule has 1 unspecified atom stereocenters. The third-order valence-electron chi connectivity index (χ3n) is 2.66. The predicted octanol–water partition coefficient (Wildman–Crippen LogP) is 1.38. The number of primary amides is 1. The lowest BCUT2D eigenvalue weighted by Gasteiger charge is -2.03. The SMILES string of the molecule is CC(C(=O)O)c1cccnc1.NC(=O)Cc1cccnc1. The highest BCUT2D eigenvalue weighted by Crippen LogP contribution is 2.12. The number of aromatic nitrogens is 2. The molecular weight excluding hydrogens is 270 g/mol. The van der Waals surface area contributed by atoms with Crippen LogP contribution in [0.2, 0.25) is 0 Å². The van der Waals surface area contributed by atoms with Gasteiger partial charge in [-0.15, -0.1) is 0 Å². The van der Waals surface area contributed by atoms with Crippen molar-refractivity contribution in [2.45, 2.75) is 19.3 Å². The summed E-state index contributed by atoms with van der Waals surface area (Å²) < 4.78 is 0. The number of pyridine rings is 2. The second-order valence-electron chi connectivity index (χ2n) is 4.35. The van der Waals surface area contributed by atoms with Crippen molar-refractivity contribution in [2.75, 3.05) is 0 Å². The van der Waals surface area contributed by atoms with Crippen molar-refractivity contribution in [3.63, 3.8) is 0 Å². The standard InChI is InChI=1S/C8H9NO2.C7H8N2O/c1-6(8(10)11)7-3-2-4-9-5-7;8-7(10)4-6-2-1-3-9-5-6/h2-6H,1H3,(H,10,11);1-3,5H,4H2,(H2,8,10). The number of rotatable bonds is 4. The number of carboxylic acid groups (broad SMARTS) is 1. The average molecular weight is 287 g/mol. The minimum Gasteiger partial charge on any atom is -0.481 e. The molecule has 0 saturated carbocycles. The van der Waals surface area contributed by atoms with Crippen LogP contribution in [0.5, 0.6) is 0 Å². The van der Waals surface area contributed by atoms with Crippen LogP contribution in [0.3, 0.4) is 0 Å². The van der Waals surface area contributed by atoms with Crippen LogP contribution in [0, 0.1) is 0 Å². The van der Waals surface area contributed by atoms with Crippen molar-refractivity contribution >= 4 is 11.9 Å². The Morgan fingerprint density at radius 1 is 1.19 bits per heavy atom. The second kappa shape index (κ2) is 8.42. The molecule has 0 fully saturated rings. The quantitative estimate of drug-likeness (QED) is 0.883. The van der Waals surface area contributed by atoms with E-state index in [-0.39, 0.29) is 12.3 Å². The Bertz CT molecular complexity index is 573. The molecule has 0 saturated heterocycles. The predicted molar refractivity (Wildman–Crippen MR) is 77.4 cm³/mol. The van der Waals surface area contributed by atoms with E-state index in [1.807, 2.05) is 6.07 Å². The fraction of sp³-hybridized carbons (Fsp3) is 0.200. The largest absolute Gasteiger partial charge is 0.481 e. The van der Waals surface area contributed by atoms with Gasteiger partial charge >= 0.3 is 5.97 Å². The van der Waals surface area contributed by atoms with Crippen molar-refractivity contribution < 1.29 is 14.7 Å². The zero-order valence-corrected chi connectivity index (χ0v) is 11.6. The molecule has 0 aliphatic rings. The molecule has 0 radical (unpaired) electrons. The summed E-state index contributed by atoms with van der Waals surface area (Å²) in [6.07, 6.45) is 6.75. The lowest BCUT2D eigenvalue weighted by atomic mass is 10.0. The van der Waals surface area contributed by atoms with Crippen LogP contribution in [0.25, 0.3) is 0 Å². The summed E-state index contributed by atoms with van der Waals surface area (Å²) in [6.45, 7) is 1.64. The summed E-state index contributed by atoms with van der Waals surface area (Å²) in [7, 11) is 0. The van der Waals surface area contributed by atoms with Crippen LogP contribution < -0.4 is 5.73 Å². The van der Waals surface area contributed by atoms with Crippen LogP contribution in [0.15, 0.2) is 49.1 Å². The maximum absolute atomic E-state index is 10.5. The number of carbonyl (C=O) groups excluding carboxylic acids is 1. The molecule has 6 nitrogen and oxygen atoms in total. The average Bonchev–Trinajstić information content (AvgIpc) is 2.48. The molecule has 1 atom stereocenters. The van der Waals surface area contributed by atoms with Crippen molar-refractivity contribution in [3.05, 3.63) is 60.2 Å². The van der Waals surface area contributed by atoms with Gasteiger partial charge in [-0.3, -0.25) is 19.6 Å². The van der Waals surface area contributed by atoms with Gasteiger partial charge in [-0.05, 0) is 30.2 Å². The van der Waals surface area contributed by atoms with Gasteiger partial charge in [-0.25, -0.2) is 0 Å². The van der Waals surface area contributed by atoms with Gasteiger partial charge in [0.1, 0.15) is 0 Å². The van der Waals surface area contributed by atoms with Crippen LogP contribution in [0.1, 0.15) is 24.0 Å². The van der Waals surface area contributed by atoms with Gasteiger partial charge in [0, 0.05) is 24.8 Å². The van der Waals surface area contributed by atoms with Crippen LogP contribution >= 0.6 is 0 Å². The fourth-order valence-corrected chi connectivity index (χ4v) is 1.48. The first kappa shape index (κ1) is 16.3. The molecule has 2 rings (SSSR count). The number of hydrogen-bond donors (Lipinski definition) is 2. The minimum absolute atomic E-state index is 0.272. The number of carbonyl (C=O) groups is 2. The topological polar surface area (TPSA) is 106 Å². The molecule has 0 bridgehead atoms. The summed E-state index contributed by atoms with van der Waals surface area (Å²) >= 11 is 0. The Morgan fingerprint density at radius 3 is 2.24 bits per heavy atom. The molecule has 1 amide bonds. The molecule has 0 aliphatic carbocycles. The van der Waals surface area contributed by atoms with E-state index < -0.39 is 11.9 Å². The number of hydrogen-bond acceptors (Lipinski definition) is 4. The first-order chi connectivity index (χ1) is 10.0. The van der Waals surface area contributed by atoms with Gasteiger partial charge in [0.25, 0.3) is 0 Å². The normalized spacial score (nSPS) is 10.9. The van der Waals surface area contributed by atoms with Crippen molar-refractivity contribution in [1.82, 2.24) is 9.97 Å². The van der Waals surface area contributed by atoms with E-state index in [0.29, 0.717) is 0 Å². The van der Waals surface area contributed by atoms with Gasteiger partial charge in [0.2, 0.25) is 5.91 Å². The Hall–Kier alpha value is -2.76. The smallest absolute Gasteiger partial charge is 0.310 e. The van der Waals surface area contributed by atoms with E-state index in [9.17, 15) is 9.59 Å². The monoisotopic (exact) mass is 287 g/mol. The van der Waals surface area contributed by atoms with E-state index in [1.54, 1.807) is 49.9 Å². The van der Waals surface area contributed by atoms with E-state index in [2.05, 4.69) is 9.97 Å². The molecule has 6 heteroatoms. The zero-order valence-electron chi connectivity index (χ0n) is 11.6. The summed E-state index contributed by atoms with van der Waals surface area (Å²) in [5.41, 5.74) is 6.55. The molecule has 2 aromatic rings. The maximum Gasteiger partial charge on any atom is 0.310 e. The minimum atomic E-state index is -0.821. The third-order valence-corrected chi connectivity index (χ3v) is 2.66. The Morgan fingerprint density at radius 2 is 1.81 bits per heavy atom. The fourth-order valence-electron chi connectivity index (χ4n) is 1.48. The molecule has 21 heavy (non-hydrogen) atoms. The number of nitrogens with zero attached hydrogens (tertiary/aromatic N) is 2. The summed E-state index contributed by atoms with van der Waals surface area (Å²) in [4.78, 5) is 28.5. The summed E-state index contributed by atoms with van der Waals surface area (Å²) in [6, 6.07) is 7.08. The number of aliphatic carboxylic acids is 1. The third kappa shape index (κ3) is 6.29. The first-order valence-corrected chi connectivity index (χ1v) is 6.30. The van der Waals surface area contributed by atoms with E-state index >= 15 is 0 Å². The number of nitrogens with two attached hydrogens (primary N) is 1. The van der Waals surface area contributed by atoms with E-state index in [1.165, 1.54) is 0 Å². The van der Waals surface area contributed by atoms with Crippen molar-refractivity contribution in [1.29, 1.82) is 0 Å². The van der Waals surface area contributed by atoms with Gasteiger partial charge < -0.3 is 10.8 Å². The molecule has 2 aromatic heterocycles. The molecule has 110 valence electrons. The highest BCUT2D eigenvalue weighted by molar-refractivity contribution is 5.76. The molecule has 0 spiro atoms. The lowest BCUT2D eigenvalue weighted by molar-refractivity contribution is -0.138. The Kier molecular flexibility index (Phi) is 6.53. The van der Waals surface area contributed by atoms with E-state index in [4.69, 9.17) is 10.8 Å². The van der Waals surface area contributed by atoms with Gasteiger partial charge in [-0.2, -0.15) is 0 Å². The molecule has 2 heterocycles. The second-order valence-corrected chi connectivity index (χ2v) is 4.35. The van der Waals surface area contributed by atoms with E-state index in [0.717, 1.165) is 11.1 Å². The van der Waals surface area contributed by atoms with Crippen LogP contribution in [0.4, 0.5) is 0 Å². The van der Waals surface area contributed by atoms with Gasteiger partial charge in [0.05, 0.1) is 12.3 Å². The van der Waals surface area contributed by atoms with Crippen molar-refractivity contribution in [2.24, 2.45) is 5.73 Å². The summed E-state index contributed by atoms with van der Waals surface area (Å²) in [5.74, 6) is -1.62. The zero-order chi connectivity index (χ0) is 15.7. The summed E-state index contributed by atoms with van der Waals surface area (Å²) in [5, 5.41) is 8.61. The van der Waals surface area contributed by atoms with Crippen LogP contribution in [-0.2, 0) is 16.0 Å². The maximum atomic E-state index is 10.5.